The summed E-state index contributed by atoms with van der Waals surface area (Å²) in [6.07, 6.45) is 1.04. The third-order valence-corrected chi connectivity index (χ3v) is 2.67. The van der Waals surface area contributed by atoms with Crippen molar-refractivity contribution in [1.82, 2.24) is 5.32 Å². The number of thiocarbonyl (C=S) groups is 1. The predicted molar refractivity (Wildman–Crippen MR) is 59.1 cm³/mol. The molecule has 0 radical (unpaired) electrons. The van der Waals surface area contributed by atoms with Gasteiger partial charge in [-0.05, 0) is 25.8 Å². The Morgan fingerprint density at radius 1 is 1.31 bits per heavy atom. The third-order valence-electron chi connectivity index (χ3n) is 2.35. The first-order valence-corrected chi connectivity index (χ1v) is 4.90. The molecule has 0 bridgehead atoms. The minimum atomic E-state index is 0.103. The molecule has 1 aliphatic rings. The summed E-state index contributed by atoms with van der Waals surface area (Å²) in [7, 11) is 0. The molecular weight excluding hydrogens is 178 g/mol. The van der Waals surface area contributed by atoms with Gasteiger partial charge < -0.3 is 5.32 Å². The maximum atomic E-state index is 5.30. The molecule has 1 heterocycles. The minimum Gasteiger partial charge on any atom is -0.371 e. The topological polar surface area (TPSA) is 12.0 Å². The van der Waals surface area contributed by atoms with Crippen LogP contribution >= 0.6 is 12.2 Å². The molecule has 0 fully saturated rings. The SMILES string of the molecule is CC1(C)Cc2ccccc2C(=S)N1. The minimum absolute atomic E-state index is 0.103. The molecule has 1 N–H and O–H groups in total. The third kappa shape index (κ3) is 1.59. The lowest BCUT2D eigenvalue weighted by Crippen LogP contribution is -2.48. The molecule has 0 unspecified atom stereocenters. The first-order chi connectivity index (χ1) is 6.08. The van der Waals surface area contributed by atoms with Gasteiger partial charge >= 0.3 is 0 Å². The second-order valence-corrected chi connectivity index (χ2v) is 4.58. The maximum absolute atomic E-state index is 5.30. The van der Waals surface area contributed by atoms with Gasteiger partial charge in [0.25, 0.3) is 0 Å². The van der Waals surface area contributed by atoms with E-state index in [0.717, 1.165) is 11.4 Å². The molecule has 0 amide bonds. The zero-order valence-electron chi connectivity index (χ0n) is 7.92. The Kier molecular flexibility index (Phi) is 1.88. The number of fused-ring (bicyclic) bond motifs is 1. The van der Waals surface area contributed by atoms with E-state index >= 15 is 0 Å². The first kappa shape index (κ1) is 8.70. The molecule has 1 aliphatic heterocycles. The Morgan fingerprint density at radius 2 is 2.00 bits per heavy atom. The Labute approximate surface area is 84.2 Å². The molecule has 2 rings (SSSR count). The highest BCUT2D eigenvalue weighted by Gasteiger charge is 2.26. The van der Waals surface area contributed by atoms with Gasteiger partial charge in [0.15, 0.2) is 0 Å². The number of benzene rings is 1. The van der Waals surface area contributed by atoms with Crippen molar-refractivity contribution in [1.29, 1.82) is 0 Å². The average Bonchev–Trinajstić information content (AvgIpc) is 2.02. The molecule has 0 aliphatic carbocycles. The maximum Gasteiger partial charge on any atom is 0.107 e. The Balaban J connectivity index is 2.49. The van der Waals surface area contributed by atoms with Gasteiger partial charge in [-0.1, -0.05) is 36.5 Å². The molecular formula is C11H13NS. The molecule has 68 valence electrons. The van der Waals surface area contributed by atoms with E-state index in [-0.39, 0.29) is 5.54 Å². The van der Waals surface area contributed by atoms with Crippen molar-refractivity contribution >= 4 is 17.2 Å². The molecule has 0 saturated carbocycles. The fourth-order valence-corrected chi connectivity index (χ4v) is 2.27. The van der Waals surface area contributed by atoms with Gasteiger partial charge in [-0.3, -0.25) is 0 Å². The molecule has 0 aromatic heterocycles. The molecule has 2 heteroatoms. The highest BCUT2D eigenvalue weighted by molar-refractivity contribution is 7.80. The van der Waals surface area contributed by atoms with E-state index in [0.29, 0.717) is 0 Å². The van der Waals surface area contributed by atoms with E-state index < -0.39 is 0 Å². The van der Waals surface area contributed by atoms with Gasteiger partial charge in [-0.2, -0.15) is 0 Å². The van der Waals surface area contributed by atoms with Gasteiger partial charge in [-0.25, -0.2) is 0 Å². The van der Waals surface area contributed by atoms with Crippen LogP contribution in [-0.4, -0.2) is 10.5 Å². The number of hydrogen-bond donors (Lipinski definition) is 1. The molecule has 13 heavy (non-hydrogen) atoms. The molecule has 1 aromatic carbocycles. The van der Waals surface area contributed by atoms with Crippen LogP contribution in [0.1, 0.15) is 25.0 Å². The van der Waals surface area contributed by atoms with Gasteiger partial charge in [0.1, 0.15) is 4.99 Å². The van der Waals surface area contributed by atoms with Crippen LogP contribution in [0.4, 0.5) is 0 Å². The standard InChI is InChI=1S/C11H13NS/c1-11(2)7-8-5-3-4-6-9(8)10(13)12-11/h3-6H,7H2,1-2H3,(H,12,13). The zero-order chi connectivity index (χ0) is 9.47. The lowest BCUT2D eigenvalue weighted by atomic mass is 9.88. The summed E-state index contributed by atoms with van der Waals surface area (Å²) in [5.74, 6) is 0. The van der Waals surface area contributed by atoms with E-state index in [1.165, 1.54) is 11.1 Å². The van der Waals surface area contributed by atoms with Crippen LogP contribution in [0.25, 0.3) is 0 Å². The van der Waals surface area contributed by atoms with Crippen LogP contribution in [-0.2, 0) is 6.42 Å². The molecule has 1 aromatic rings. The lowest BCUT2D eigenvalue weighted by Gasteiger charge is -2.34. The number of rotatable bonds is 0. The van der Waals surface area contributed by atoms with Crippen LogP contribution in [0.5, 0.6) is 0 Å². The largest absolute Gasteiger partial charge is 0.371 e. The molecule has 0 atom stereocenters. The predicted octanol–water partition coefficient (Wildman–Crippen LogP) is 2.29. The van der Waals surface area contributed by atoms with Crippen molar-refractivity contribution in [2.45, 2.75) is 25.8 Å². The van der Waals surface area contributed by atoms with Crippen LogP contribution < -0.4 is 5.32 Å². The van der Waals surface area contributed by atoms with E-state index in [2.05, 4.69) is 37.4 Å². The van der Waals surface area contributed by atoms with Crippen molar-refractivity contribution in [3.63, 3.8) is 0 Å². The summed E-state index contributed by atoms with van der Waals surface area (Å²) in [5.41, 5.74) is 2.65. The molecule has 0 saturated heterocycles. The van der Waals surface area contributed by atoms with E-state index in [4.69, 9.17) is 12.2 Å². The Hall–Kier alpha value is -0.890. The van der Waals surface area contributed by atoms with Crippen molar-refractivity contribution < 1.29 is 0 Å². The molecule has 1 nitrogen and oxygen atoms in total. The summed E-state index contributed by atoms with van der Waals surface area (Å²) in [6, 6.07) is 8.35. The fourth-order valence-electron chi connectivity index (χ4n) is 1.79. The van der Waals surface area contributed by atoms with Gasteiger partial charge in [0, 0.05) is 11.1 Å². The van der Waals surface area contributed by atoms with Crippen LogP contribution in [0.2, 0.25) is 0 Å². The summed E-state index contributed by atoms with van der Waals surface area (Å²) in [5, 5.41) is 3.34. The monoisotopic (exact) mass is 191 g/mol. The molecule has 0 spiro atoms. The van der Waals surface area contributed by atoms with Crippen LogP contribution in [0, 0.1) is 0 Å². The number of nitrogens with one attached hydrogen (secondary N) is 1. The zero-order valence-corrected chi connectivity index (χ0v) is 8.74. The fraction of sp³-hybridized carbons (Fsp3) is 0.364. The first-order valence-electron chi connectivity index (χ1n) is 4.49. The van der Waals surface area contributed by atoms with Gasteiger partial charge in [0.2, 0.25) is 0 Å². The number of hydrogen-bond acceptors (Lipinski definition) is 1. The van der Waals surface area contributed by atoms with Gasteiger partial charge in [-0.15, -0.1) is 0 Å². The lowest BCUT2D eigenvalue weighted by molar-refractivity contribution is 0.451. The van der Waals surface area contributed by atoms with Crippen molar-refractivity contribution in [3.05, 3.63) is 35.4 Å². The van der Waals surface area contributed by atoms with Crippen molar-refractivity contribution in [2.24, 2.45) is 0 Å². The van der Waals surface area contributed by atoms with Crippen molar-refractivity contribution in [2.75, 3.05) is 0 Å². The van der Waals surface area contributed by atoms with E-state index in [9.17, 15) is 0 Å². The quantitative estimate of drug-likeness (QED) is 0.631. The summed E-state index contributed by atoms with van der Waals surface area (Å²) < 4.78 is 0. The second kappa shape index (κ2) is 2.81. The van der Waals surface area contributed by atoms with Crippen molar-refractivity contribution in [3.8, 4) is 0 Å². The normalized spacial score (nSPS) is 19.1. The second-order valence-electron chi connectivity index (χ2n) is 4.17. The summed E-state index contributed by atoms with van der Waals surface area (Å²) in [4.78, 5) is 0.881. The summed E-state index contributed by atoms with van der Waals surface area (Å²) in [6.45, 7) is 4.35. The van der Waals surface area contributed by atoms with Gasteiger partial charge in [0.05, 0.1) is 0 Å². The highest BCUT2D eigenvalue weighted by Crippen LogP contribution is 2.22. The summed E-state index contributed by atoms with van der Waals surface area (Å²) >= 11 is 5.30. The Morgan fingerprint density at radius 3 is 2.77 bits per heavy atom. The van der Waals surface area contributed by atoms with Crippen LogP contribution in [0.3, 0.4) is 0 Å². The van der Waals surface area contributed by atoms with E-state index in [1.807, 2.05) is 6.07 Å². The average molecular weight is 191 g/mol. The van der Waals surface area contributed by atoms with E-state index in [1.54, 1.807) is 0 Å². The smallest absolute Gasteiger partial charge is 0.107 e. The van der Waals surface area contributed by atoms with Crippen LogP contribution in [0.15, 0.2) is 24.3 Å². The highest BCUT2D eigenvalue weighted by atomic mass is 32.1. The Bertz CT molecular complexity index is 355.